The van der Waals surface area contributed by atoms with Gasteiger partial charge in [0.25, 0.3) is 0 Å². The SMILES string of the molecule is COc1ccc(C2CC(=O)c3c(C)nn(-c4ccccc4F)c3C2)c(OC)c1. The second-order valence-corrected chi connectivity index (χ2v) is 6.91. The van der Waals surface area contributed by atoms with Gasteiger partial charge in [-0.2, -0.15) is 5.10 Å². The lowest BCUT2D eigenvalue weighted by Gasteiger charge is -2.25. The third-order valence-electron chi connectivity index (χ3n) is 5.27. The smallest absolute Gasteiger partial charge is 0.167 e. The topological polar surface area (TPSA) is 53.3 Å². The Morgan fingerprint density at radius 2 is 1.89 bits per heavy atom. The number of carbonyl (C=O) groups is 1. The van der Waals surface area contributed by atoms with E-state index in [0.717, 1.165) is 11.3 Å². The van der Waals surface area contributed by atoms with Crippen LogP contribution < -0.4 is 9.47 Å². The lowest BCUT2D eigenvalue weighted by atomic mass is 9.81. The van der Waals surface area contributed by atoms with E-state index in [0.29, 0.717) is 41.3 Å². The number of carbonyl (C=O) groups excluding carboxylic acids is 1. The standard InChI is InChI=1S/C22H21FN2O3/c1-13-22-19(25(24-13)18-7-5-4-6-17(18)23)10-14(11-20(22)26)16-9-8-15(27-2)12-21(16)28-3/h4-9,12,14H,10-11H2,1-3H3. The molecule has 0 spiro atoms. The quantitative estimate of drug-likeness (QED) is 0.679. The van der Waals surface area contributed by atoms with Crippen molar-refractivity contribution >= 4 is 5.78 Å². The largest absolute Gasteiger partial charge is 0.497 e. The highest BCUT2D eigenvalue weighted by molar-refractivity contribution is 6.00. The van der Waals surface area contributed by atoms with Crippen molar-refractivity contribution < 1.29 is 18.7 Å². The van der Waals surface area contributed by atoms with Crippen LogP contribution in [0.3, 0.4) is 0 Å². The van der Waals surface area contributed by atoms with E-state index < -0.39 is 0 Å². The molecule has 0 fully saturated rings. The van der Waals surface area contributed by atoms with Gasteiger partial charge in [0, 0.05) is 18.4 Å². The normalized spacial score (nSPS) is 16.0. The molecule has 6 heteroatoms. The average molecular weight is 380 g/mol. The summed E-state index contributed by atoms with van der Waals surface area (Å²) in [6.45, 7) is 1.79. The maximum atomic E-state index is 14.4. The first-order valence-corrected chi connectivity index (χ1v) is 9.12. The molecule has 0 amide bonds. The lowest BCUT2D eigenvalue weighted by molar-refractivity contribution is 0.0963. The molecule has 1 aliphatic carbocycles. The predicted octanol–water partition coefficient (Wildman–Crippen LogP) is 4.25. The van der Waals surface area contributed by atoms with Crippen molar-refractivity contribution in [1.29, 1.82) is 0 Å². The van der Waals surface area contributed by atoms with Crippen molar-refractivity contribution in [2.45, 2.75) is 25.7 Å². The Bertz CT molecular complexity index is 1060. The van der Waals surface area contributed by atoms with E-state index in [4.69, 9.17) is 9.47 Å². The van der Waals surface area contributed by atoms with Gasteiger partial charge in [-0.3, -0.25) is 4.79 Å². The van der Waals surface area contributed by atoms with E-state index in [9.17, 15) is 9.18 Å². The molecule has 1 atom stereocenters. The molecule has 0 saturated carbocycles. The number of benzene rings is 2. The fourth-order valence-electron chi connectivity index (χ4n) is 3.96. The lowest BCUT2D eigenvalue weighted by Crippen LogP contribution is -2.21. The number of Topliss-reactive ketones (excluding diaryl/α,β-unsaturated/α-hetero) is 1. The number of rotatable bonds is 4. The summed E-state index contributed by atoms with van der Waals surface area (Å²) >= 11 is 0. The molecule has 1 aromatic heterocycles. The minimum Gasteiger partial charge on any atom is -0.497 e. The van der Waals surface area contributed by atoms with Crippen LogP contribution in [0, 0.1) is 12.7 Å². The number of ketones is 1. The molecule has 0 bridgehead atoms. The summed E-state index contributed by atoms with van der Waals surface area (Å²) in [5.41, 5.74) is 3.25. The van der Waals surface area contributed by atoms with Gasteiger partial charge >= 0.3 is 0 Å². The van der Waals surface area contributed by atoms with E-state index in [1.807, 2.05) is 18.2 Å². The van der Waals surface area contributed by atoms with Crippen LogP contribution in [0.2, 0.25) is 0 Å². The molecular formula is C22H21FN2O3. The first kappa shape index (κ1) is 18.2. The van der Waals surface area contributed by atoms with Gasteiger partial charge in [0.2, 0.25) is 0 Å². The van der Waals surface area contributed by atoms with Crippen LogP contribution in [0.1, 0.15) is 39.6 Å². The number of aryl methyl sites for hydroxylation is 1. The van der Waals surface area contributed by atoms with E-state index in [-0.39, 0.29) is 17.5 Å². The van der Waals surface area contributed by atoms with Gasteiger partial charge in [-0.15, -0.1) is 0 Å². The molecule has 4 rings (SSSR count). The number of fused-ring (bicyclic) bond motifs is 1. The Kier molecular flexibility index (Phi) is 4.63. The Balaban J connectivity index is 1.81. The maximum absolute atomic E-state index is 14.4. The van der Waals surface area contributed by atoms with Gasteiger partial charge in [-0.25, -0.2) is 9.07 Å². The van der Waals surface area contributed by atoms with Crippen molar-refractivity contribution in [2.24, 2.45) is 0 Å². The van der Waals surface area contributed by atoms with E-state index in [2.05, 4.69) is 5.10 Å². The maximum Gasteiger partial charge on any atom is 0.167 e. The number of ether oxygens (including phenoxy) is 2. The van der Waals surface area contributed by atoms with Crippen LogP contribution in [0.4, 0.5) is 4.39 Å². The third kappa shape index (κ3) is 2.95. The van der Waals surface area contributed by atoms with E-state index >= 15 is 0 Å². The van der Waals surface area contributed by atoms with Crippen LogP contribution >= 0.6 is 0 Å². The monoisotopic (exact) mass is 380 g/mol. The van der Waals surface area contributed by atoms with Gasteiger partial charge in [0.15, 0.2) is 5.78 Å². The van der Waals surface area contributed by atoms with Gasteiger partial charge in [-0.05, 0) is 37.1 Å². The highest BCUT2D eigenvalue weighted by Gasteiger charge is 2.33. The summed E-state index contributed by atoms with van der Waals surface area (Å²) in [7, 11) is 3.20. The van der Waals surface area contributed by atoms with Crippen LogP contribution in [0.25, 0.3) is 5.69 Å². The first-order chi connectivity index (χ1) is 13.5. The van der Waals surface area contributed by atoms with E-state index in [1.165, 1.54) is 6.07 Å². The molecule has 1 aliphatic rings. The molecule has 1 heterocycles. The van der Waals surface area contributed by atoms with Gasteiger partial charge in [0.05, 0.1) is 31.2 Å². The molecule has 0 saturated heterocycles. The van der Waals surface area contributed by atoms with Crippen molar-refractivity contribution in [3.8, 4) is 17.2 Å². The molecule has 3 aromatic rings. The zero-order chi connectivity index (χ0) is 19.8. The second-order valence-electron chi connectivity index (χ2n) is 6.91. The Morgan fingerprint density at radius 3 is 2.61 bits per heavy atom. The van der Waals surface area contributed by atoms with Gasteiger partial charge in [0.1, 0.15) is 23.0 Å². The minimum atomic E-state index is -0.371. The molecule has 0 N–H and O–H groups in total. The summed E-state index contributed by atoms with van der Waals surface area (Å²) in [5.74, 6) is 0.932. The zero-order valence-corrected chi connectivity index (χ0v) is 16.0. The first-order valence-electron chi connectivity index (χ1n) is 9.12. The summed E-state index contributed by atoms with van der Waals surface area (Å²) in [5, 5.41) is 4.48. The summed E-state index contributed by atoms with van der Waals surface area (Å²) in [4.78, 5) is 12.9. The van der Waals surface area contributed by atoms with E-state index in [1.54, 1.807) is 44.0 Å². The number of hydrogen-bond acceptors (Lipinski definition) is 4. The fraction of sp³-hybridized carbons (Fsp3) is 0.273. The average Bonchev–Trinajstić information content (AvgIpc) is 3.04. The second kappa shape index (κ2) is 7.11. The number of nitrogens with zero attached hydrogens (tertiary/aromatic N) is 2. The molecule has 0 radical (unpaired) electrons. The van der Waals surface area contributed by atoms with Crippen molar-refractivity contribution in [2.75, 3.05) is 14.2 Å². The highest BCUT2D eigenvalue weighted by Crippen LogP contribution is 2.40. The number of halogens is 1. The minimum absolute atomic E-state index is 0.0178. The van der Waals surface area contributed by atoms with Crippen LogP contribution in [-0.2, 0) is 6.42 Å². The van der Waals surface area contributed by atoms with Crippen molar-refractivity contribution in [3.05, 3.63) is 70.8 Å². The fourth-order valence-corrected chi connectivity index (χ4v) is 3.96. The molecule has 28 heavy (non-hydrogen) atoms. The molecule has 1 unspecified atom stereocenters. The summed E-state index contributed by atoms with van der Waals surface area (Å²) in [6, 6.07) is 12.1. The molecule has 144 valence electrons. The van der Waals surface area contributed by atoms with Gasteiger partial charge < -0.3 is 9.47 Å². The molecule has 5 nitrogen and oxygen atoms in total. The molecular weight excluding hydrogens is 359 g/mol. The summed E-state index contributed by atoms with van der Waals surface area (Å²) in [6.07, 6.45) is 0.929. The number of hydrogen-bond donors (Lipinski definition) is 0. The third-order valence-corrected chi connectivity index (χ3v) is 5.27. The Morgan fingerprint density at radius 1 is 1.11 bits per heavy atom. The van der Waals surface area contributed by atoms with Crippen molar-refractivity contribution in [1.82, 2.24) is 9.78 Å². The highest BCUT2D eigenvalue weighted by atomic mass is 19.1. The number of aromatic nitrogens is 2. The van der Waals surface area contributed by atoms with Crippen LogP contribution in [-0.4, -0.2) is 29.8 Å². The number of methoxy groups -OCH3 is 2. The van der Waals surface area contributed by atoms with Crippen LogP contribution in [0.5, 0.6) is 11.5 Å². The Labute approximate surface area is 162 Å². The van der Waals surface area contributed by atoms with Gasteiger partial charge in [-0.1, -0.05) is 18.2 Å². The van der Waals surface area contributed by atoms with Crippen LogP contribution in [0.15, 0.2) is 42.5 Å². The summed E-state index contributed by atoms with van der Waals surface area (Å²) < 4.78 is 26.8. The predicted molar refractivity (Wildman–Crippen MR) is 103 cm³/mol. The van der Waals surface area contributed by atoms with Crippen molar-refractivity contribution in [3.63, 3.8) is 0 Å². The zero-order valence-electron chi connectivity index (χ0n) is 16.0. The Hall–Kier alpha value is -3.15. The number of para-hydroxylation sites is 1. The molecule has 2 aromatic carbocycles. The molecule has 0 aliphatic heterocycles.